The normalized spacial score (nSPS) is 20.1. The number of benzene rings is 1. The number of rotatable bonds is 2. The number of anilines is 1. The summed E-state index contributed by atoms with van der Waals surface area (Å²) in [6.45, 7) is 4.68. The van der Waals surface area contributed by atoms with Gasteiger partial charge in [-0.3, -0.25) is 0 Å². The van der Waals surface area contributed by atoms with Crippen molar-refractivity contribution in [2.24, 2.45) is 0 Å². The highest BCUT2D eigenvalue weighted by molar-refractivity contribution is 9.10. The summed E-state index contributed by atoms with van der Waals surface area (Å²) in [7, 11) is 0. The molecule has 1 fully saturated rings. The molecule has 0 amide bonds. The number of hydrogen-bond acceptors (Lipinski definition) is 3. The monoisotopic (exact) mass is 294 g/mol. The first-order valence-corrected chi connectivity index (χ1v) is 6.59. The van der Waals surface area contributed by atoms with Crippen molar-refractivity contribution in [3.63, 3.8) is 0 Å². The van der Waals surface area contributed by atoms with E-state index in [-0.39, 0.29) is 0 Å². The summed E-state index contributed by atoms with van der Waals surface area (Å²) in [5.74, 6) is 0. The van der Waals surface area contributed by atoms with Crippen LogP contribution in [0.15, 0.2) is 22.7 Å². The number of ether oxygens (including phenoxy) is 1. The minimum absolute atomic E-state index is 0.299. The van der Waals surface area contributed by atoms with E-state index in [9.17, 15) is 0 Å². The molecular formula is C13H15BrN2O. The molecule has 90 valence electrons. The third-order valence-electron chi connectivity index (χ3n) is 2.97. The van der Waals surface area contributed by atoms with Crippen molar-refractivity contribution in [2.75, 3.05) is 24.6 Å². The second-order valence-corrected chi connectivity index (χ2v) is 5.07. The molecule has 3 nitrogen and oxygen atoms in total. The van der Waals surface area contributed by atoms with Gasteiger partial charge in [0.25, 0.3) is 0 Å². The van der Waals surface area contributed by atoms with Gasteiger partial charge in [-0.1, -0.05) is 22.9 Å². The minimum Gasteiger partial charge on any atom is -0.375 e. The lowest BCUT2D eigenvalue weighted by molar-refractivity contribution is 0.0384. The van der Waals surface area contributed by atoms with Gasteiger partial charge in [0.15, 0.2) is 0 Å². The lowest BCUT2D eigenvalue weighted by Gasteiger charge is -2.34. The van der Waals surface area contributed by atoms with Crippen LogP contribution in [0.4, 0.5) is 5.69 Å². The van der Waals surface area contributed by atoms with Gasteiger partial charge in [-0.15, -0.1) is 0 Å². The van der Waals surface area contributed by atoms with Crippen LogP contribution in [-0.4, -0.2) is 25.8 Å². The Balaban J connectivity index is 2.21. The second kappa shape index (κ2) is 5.52. The quantitative estimate of drug-likeness (QED) is 0.841. The molecule has 0 aromatic heterocycles. The van der Waals surface area contributed by atoms with Crippen LogP contribution < -0.4 is 4.90 Å². The first kappa shape index (κ1) is 12.4. The van der Waals surface area contributed by atoms with Gasteiger partial charge in [0, 0.05) is 23.2 Å². The van der Waals surface area contributed by atoms with Crippen molar-refractivity contribution >= 4 is 21.6 Å². The maximum atomic E-state index is 8.97. The third-order valence-corrected chi connectivity index (χ3v) is 3.43. The van der Waals surface area contributed by atoms with Gasteiger partial charge in [-0.05, 0) is 24.6 Å². The first-order chi connectivity index (χ1) is 8.22. The van der Waals surface area contributed by atoms with Gasteiger partial charge in [0.1, 0.15) is 0 Å². The molecule has 0 bridgehead atoms. The van der Waals surface area contributed by atoms with Crippen LogP contribution in [0, 0.1) is 11.3 Å². The zero-order valence-electron chi connectivity index (χ0n) is 9.82. The molecule has 0 aliphatic carbocycles. The zero-order valence-corrected chi connectivity index (χ0v) is 11.4. The number of nitrogens with zero attached hydrogens (tertiary/aromatic N) is 2. The molecule has 2 rings (SSSR count). The van der Waals surface area contributed by atoms with Crippen LogP contribution in [0.25, 0.3) is 0 Å². The Bertz CT molecular complexity index is 442. The van der Waals surface area contributed by atoms with Gasteiger partial charge in [-0.25, -0.2) is 0 Å². The summed E-state index contributed by atoms with van der Waals surface area (Å²) in [6, 6.07) is 8.01. The largest absolute Gasteiger partial charge is 0.375 e. The average Bonchev–Trinajstić information content (AvgIpc) is 2.38. The summed E-state index contributed by atoms with van der Waals surface area (Å²) in [6.07, 6.45) is 1.32. The summed E-state index contributed by atoms with van der Waals surface area (Å²) in [5.41, 5.74) is 1.78. The van der Waals surface area contributed by atoms with Crippen LogP contribution in [0.2, 0.25) is 0 Å². The van der Waals surface area contributed by atoms with Crippen molar-refractivity contribution in [2.45, 2.75) is 19.4 Å². The Kier molecular flexibility index (Phi) is 4.03. The van der Waals surface area contributed by atoms with Crippen LogP contribution in [0.3, 0.4) is 0 Å². The third kappa shape index (κ3) is 2.99. The molecule has 0 N–H and O–H groups in total. The van der Waals surface area contributed by atoms with E-state index < -0.39 is 0 Å². The Morgan fingerprint density at radius 2 is 2.35 bits per heavy atom. The number of hydrogen-bond donors (Lipinski definition) is 0. The molecule has 0 saturated carbocycles. The van der Waals surface area contributed by atoms with E-state index in [2.05, 4.69) is 39.9 Å². The Morgan fingerprint density at radius 1 is 1.53 bits per heavy atom. The molecular weight excluding hydrogens is 280 g/mol. The summed E-state index contributed by atoms with van der Waals surface area (Å²) >= 11 is 3.44. The first-order valence-electron chi connectivity index (χ1n) is 5.80. The van der Waals surface area contributed by atoms with E-state index in [0.717, 1.165) is 36.3 Å². The minimum atomic E-state index is 0.299. The smallest absolute Gasteiger partial charge is 0.0992 e. The number of morpholine rings is 1. The van der Waals surface area contributed by atoms with Crippen molar-refractivity contribution in [3.8, 4) is 6.07 Å². The van der Waals surface area contributed by atoms with Crippen molar-refractivity contribution in [3.05, 3.63) is 28.2 Å². The molecule has 17 heavy (non-hydrogen) atoms. The van der Waals surface area contributed by atoms with E-state index in [1.807, 2.05) is 12.1 Å². The molecule has 0 spiro atoms. The van der Waals surface area contributed by atoms with E-state index in [4.69, 9.17) is 10.00 Å². The van der Waals surface area contributed by atoms with Crippen LogP contribution >= 0.6 is 15.9 Å². The fourth-order valence-electron chi connectivity index (χ4n) is 2.02. The summed E-state index contributed by atoms with van der Waals surface area (Å²) in [5, 5.41) is 8.97. The summed E-state index contributed by atoms with van der Waals surface area (Å²) < 4.78 is 6.60. The molecule has 1 aliphatic rings. The van der Waals surface area contributed by atoms with Crippen LogP contribution in [0.5, 0.6) is 0 Å². The predicted molar refractivity (Wildman–Crippen MR) is 71.1 cm³/mol. The second-order valence-electron chi connectivity index (χ2n) is 4.16. The SMILES string of the molecule is CCC1CN(c2cc(Br)cc(C#N)c2)CCO1. The maximum Gasteiger partial charge on any atom is 0.0992 e. The molecule has 0 radical (unpaired) electrons. The van der Waals surface area contributed by atoms with Crippen LogP contribution in [-0.2, 0) is 4.74 Å². The lowest BCUT2D eigenvalue weighted by Crippen LogP contribution is -2.42. The highest BCUT2D eigenvalue weighted by Gasteiger charge is 2.19. The van der Waals surface area contributed by atoms with Crippen LogP contribution in [0.1, 0.15) is 18.9 Å². The molecule has 1 aromatic carbocycles. The zero-order chi connectivity index (χ0) is 12.3. The summed E-state index contributed by atoms with van der Waals surface area (Å²) in [4.78, 5) is 2.28. The molecule has 1 unspecified atom stereocenters. The van der Waals surface area contributed by atoms with Gasteiger partial charge < -0.3 is 9.64 Å². The fraction of sp³-hybridized carbons (Fsp3) is 0.462. The fourth-order valence-corrected chi connectivity index (χ4v) is 2.50. The van der Waals surface area contributed by atoms with E-state index in [1.165, 1.54) is 0 Å². The molecule has 1 aromatic rings. The number of halogens is 1. The van der Waals surface area contributed by atoms with Gasteiger partial charge in [0.2, 0.25) is 0 Å². The highest BCUT2D eigenvalue weighted by atomic mass is 79.9. The van der Waals surface area contributed by atoms with Gasteiger partial charge >= 0.3 is 0 Å². The maximum absolute atomic E-state index is 8.97. The van der Waals surface area contributed by atoms with Crippen molar-refractivity contribution in [1.82, 2.24) is 0 Å². The van der Waals surface area contributed by atoms with Gasteiger partial charge in [0.05, 0.1) is 24.3 Å². The van der Waals surface area contributed by atoms with E-state index >= 15 is 0 Å². The Morgan fingerprint density at radius 3 is 3.06 bits per heavy atom. The number of nitriles is 1. The average molecular weight is 295 g/mol. The van der Waals surface area contributed by atoms with E-state index in [0.29, 0.717) is 11.7 Å². The molecule has 1 atom stereocenters. The highest BCUT2D eigenvalue weighted by Crippen LogP contribution is 2.24. The lowest BCUT2D eigenvalue weighted by atomic mass is 10.1. The predicted octanol–water partition coefficient (Wildman–Crippen LogP) is 2.94. The standard InChI is InChI=1S/C13H15BrN2O/c1-2-13-9-16(3-4-17-13)12-6-10(8-15)5-11(14)7-12/h5-7,13H,2-4,9H2,1H3. The Hall–Kier alpha value is -1.05. The molecule has 1 saturated heterocycles. The van der Waals surface area contributed by atoms with Crippen molar-refractivity contribution < 1.29 is 4.74 Å². The molecule has 4 heteroatoms. The Labute approximate surface area is 110 Å². The molecule has 1 aliphatic heterocycles. The van der Waals surface area contributed by atoms with Gasteiger partial charge in [-0.2, -0.15) is 5.26 Å². The van der Waals surface area contributed by atoms with Crippen molar-refractivity contribution in [1.29, 1.82) is 5.26 Å². The molecule has 1 heterocycles. The topological polar surface area (TPSA) is 36.3 Å². The van der Waals surface area contributed by atoms with E-state index in [1.54, 1.807) is 0 Å².